The topological polar surface area (TPSA) is 41.3 Å². The molecule has 2 aromatic rings. The lowest BCUT2D eigenvalue weighted by Crippen LogP contribution is -2.42. The Morgan fingerprint density at radius 1 is 1.29 bits per heavy atom. The SMILES string of the molecule is CCC1CN(Cc2nn(CC)c3ccccc23)CCC1O. The molecule has 0 radical (unpaired) electrons. The second-order valence-electron chi connectivity index (χ2n) is 6.04. The fourth-order valence-corrected chi connectivity index (χ4v) is 3.41. The lowest BCUT2D eigenvalue weighted by molar-refractivity contribution is 0.0218. The monoisotopic (exact) mass is 287 g/mol. The van der Waals surface area contributed by atoms with Crippen molar-refractivity contribution in [2.24, 2.45) is 5.92 Å². The molecule has 2 heterocycles. The molecule has 1 N–H and O–H groups in total. The molecule has 0 spiro atoms. The Bertz CT molecular complexity index is 607. The first-order valence-electron chi connectivity index (χ1n) is 8.07. The maximum Gasteiger partial charge on any atom is 0.0843 e. The molecule has 4 heteroatoms. The Kier molecular flexibility index (Phi) is 4.27. The quantitative estimate of drug-likeness (QED) is 0.940. The van der Waals surface area contributed by atoms with Crippen LogP contribution in [-0.2, 0) is 13.1 Å². The second kappa shape index (κ2) is 6.16. The molecule has 1 saturated heterocycles. The summed E-state index contributed by atoms with van der Waals surface area (Å²) in [5, 5.41) is 16.1. The highest BCUT2D eigenvalue weighted by Gasteiger charge is 2.27. The Morgan fingerprint density at radius 3 is 2.86 bits per heavy atom. The smallest absolute Gasteiger partial charge is 0.0843 e. The highest BCUT2D eigenvalue weighted by atomic mass is 16.3. The van der Waals surface area contributed by atoms with E-state index in [1.54, 1.807) is 0 Å². The average molecular weight is 287 g/mol. The number of aryl methyl sites for hydroxylation is 1. The summed E-state index contributed by atoms with van der Waals surface area (Å²) in [6.45, 7) is 8.02. The molecule has 114 valence electrons. The molecule has 21 heavy (non-hydrogen) atoms. The number of nitrogens with zero attached hydrogens (tertiary/aromatic N) is 3. The lowest BCUT2D eigenvalue weighted by atomic mass is 9.92. The summed E-state index contributed by atoms with van der Waals surface area (Å²) in [5.41, 5.74) is 2.39. The van der Waals surface area contributed by atoms with Crippen LogP contribution in [0.1, 0.15) is 32.4 Å². The molecule has 1 aliphatic rings. The summed E-state index contributed by atoms with van der Waals surface area (Å²) in [6, 6.07) is 8.47. The van der Waals surface area contributed by atoms with Crippen LogP contribution in [0.5, 0.6) is 0 Å². The van der Waals surface area contributed by atoms with E-state index in [-0.39, 0.29) is 6.10 Å². The predicted molar refractivity (Wildman–Crippen MR) is 85.1 cm³/mol. The van der Waals surface area contributed by atoms with Crippen LogP contribution in [-0.4, -0.2) is 39.0 Å². The molecule has 0 bridgehead atoms. The number of piperidine rings is 1. The molecular formula is C17H25N3O. The van der Waals surface area contributed by atoms with Gasteiger partial charge < -0.3 is 5.11 Å². The number of hydrogen-bond acceptors (Lipinski definition) is 3. The third-order valence-corrected chi connectivity index (χ3v) is 4.71. The number of aliphatic hydroxyl groups excluding tert-OH is 1. The van der Waals surface area contributed by atoms with Gasteiger partial charge in [0.1, 0.15) is 0 Å². The van der Waals surface area contributed by atoms with Crippen LogP contribution in [0.25, 0.3) is 10.9 Å². The molecule has 1 fully saturated rings. The van der Waals surface area contributed by atoms with Crippen molar-refractivity contribution in [3.63, 3.8) is 0 Å². The summed E-state index contributed by atoms with van der Waals surface area (Å²) >= 11 is 0. The van der Waals surface area contributed by atoms with Crippen LogP contribution < -0.4 is 0 Å². The van der Waals surface area contributed by atoms with Crippen LogP contribution in [0, 0.1) is 5.92 Å². The van der Waals surface area contributed by atoms with Crippen LogP contribution in [0.15, 0.2) is 24.3 Å². The molecule has 4 nitrogen and oxygen atoms in total. The largest absolute Gasteiger partial charge is 0.393 e. The summed E-state index contributed by atoms with van der Waals surface area (Å²) in [5.74, 6) is 0.401. The minimum atomic E-state index is -0.129. The highest BCUT2D eigenvalue weighted by molar-refractivity contribution is 5.81. The van der Waals surface area contributed by atoms with Gasteiger partial charge in [-0.15, -0.1) is 0 Å². The van der Waals surface area contributed by atoms with E-state index < -0.39 is 0 Å². The van der Waals surface area contributed by atoms with E-state index in [9.17, 15) is 5.11 Å². The molecule has 1 aliphatic heterocycles. The fraction of sp³-hybridized carbons (Fsp3) is 0.588. The van der Waals surface area contributed by atoms with Crippen molar-refractivity contribution in [3.8, 4) is 0 Å². The van der Waals surface area contributed by atoms with Crippen molar-refractivity contribution in [1.29, 1.82) is 0 Å². The van der Waals surface area contributed by atoms with Gasteiger partial charge in [-0.1, -0.05) is 25.1 Å². The summed E-state index contributed by atoms with van der Waals surface area (Å²) in [7, 11) is 0. The third-order valence-electron chi connectivity index (χ3n) is 4.71. The standard InChI is InChI=1S/C17H25N3O/c1-3-13-11-19(10-9-17(13)21)12-15-14-7-5-6-8-16(14)20(4-2)18-15/h5-8,13,17,21H,3-4,9-12H2,1-2H3. The van der Waals surface area contributed by atoms with Crippen LogP contribution in [0.3, 0.4) is 0 Å². The first kappa shape index (κ1) is 14.5. The van der Waals surface area contributed by atoms with Gasteiger partial charge >= 0.3 is 0 Å². The van der Waals surface area contributed by atoms with Gasteiger partial charge in [-0.2, -0.15) is 5.10 Å². The van der Waals surface area contributed by atoms with Gasteiger partial charge in [0.2, 0.25) is 0 Å². The second-order valence-corrected chi connectivity index (χ2v) is 6.04. The van der Waals surface area contributed by atoms with Crippen molar-refractivity contribution in [1.82, 2.24) is 14.7 Å². The zero-order valence-corrected chi connectivity index (χ0v) is 13.0. The summed E-state index contributed by atoms with van der Waals surface area (Å²) < 4.78 is 2.08. The highest BCUT2D eigenvalue weighted by Crippen LogP contribution is 2.24. The Hall–Kier alpha value is -1.39. The molecule has 0 aliphatic carbocycles. The molecule has 2 atom stereocenters. The molecule has 3 rings (SSSR count). The zero-order chi connectivity index (χ0) is 14.8. The van der Waals surface area contributed by atoms with Gasteiger partial charge in [-0.3, -0.25) is 9.58 Å². The minimum Gasteiger partial charge on any atom is -0.393 e. The van der Waals surface area contributed by atoms with Gasteiger partial charge in [0, 0.05) is 31.6 Å². The molecule has 2 unspecified atom stereocenters. The van der Waals surface area contributed by atoms with Crippen molar-refractivity contribution in [2.45, 2.75) is 45.9 Å². The van der Waals surface area contributed by atoms with Crippen LogP contribution in [0.2, 0.25) is 0 Å². The number of aliphatic hydroxyl groups is 1. The lowest BCUT2D eigenvalue weighted by Gasteiger charge is -2.35. The minimum absolute atomic E-state index is 0.129. The zero-order valence-electron chi connectivity index (χ0n) is 13.0. The van der Waals surface area contributed by atoms with Gasteiger partial charge in [0.15, 0.2) is 0 Å². The Morgan fingerprint density at radius 2 is 2.10 bits per heavy atom. The maximum absolute atomic E-state index is 10.0. The normalized spacial score (nSPS) is 23.8. The van der Waals surface area contributed by atoms with Crippen molar-refractivity contribution in [2.75, 3.05) is 13.1 Å². The number of likely N-dealkylation sites (tertiary alicyclic amines) is 1. The van der Waals surface area contributed by atoms with E-state index in [1.165, 1.54) is 16.6 Å². The summed E-state index contributed by atoms with van der Waals surface area (Å²) in [6.07, 6.45) is 1.79. The Balaban J connectivity index is 1.82. The third kappa shape index (κ3) is 2.83. The number of hydrogen-bond donors (Lipinski definition) is 1. The van der Waals surface area contributed by atoms with E-state index in [4.69, 9.17) is 5.10 Å². The van der Waals surface area contributed by atoms with Crippen molar-refractivity contribution >= 4 is 10.9 Å². The molecule has 0 amide bonds. The van der Waals surface area contributed by atoms with Gasteiger partial charge in [0.05, 0.1) is 17.3 Å². The van der Waals surface area contributed by atoms with Crippen molar-refractivity contribution < 1.29 is 5.11 Å². The Labute approximate surface area is 126 Å². The number of fused-ring (bicyclic) bond motifs is 1. The van der Waals surface area contributed by atoms with E-state index >= 15 is 0 Å². The summed E-state index contributed by atoms with van der Waals surface area (Å²) in [4.78, 5) is 2.44. The number of para-hydroxylation sites is 1. The van der Waals surface area contributed by atoms with E-state index in [1.807, 2.05) is 0 Å². The predicted octanol–water partition coefficient (Wildman–Crippen LogP) is 2.65. The van der Waals surface area contributed by atoms with Gasteiger partial charge in [-0.25, -0.2) is 0 Å². The van der Waals surface area contributed by atoms with E-state index in [2.05, 4.69) is 47.7 Å². The van der Waals surface area contributed by atoms with Crippen molar-refractivity contribution in [3.05, 3.63) is 30.0 Å². The van der Waals surface area contributed by atoms with Crippen LogP contribution >= 0.6 is 0 Å². The van der Waals surface area contributed by atoms with Gasteiger partial charge in [-0.05, 0) is 31.7 Å². The number of aromatic nitrogens is 2. The molecular weight excluding hydrogens is 262 g/mol. The van der Waals surface area contributed by atoms with Gasteiger partial charge in [0.25, 0.3) is 0 Å². The maximum atomic E-state index is 10.0. The van der Waals surface area contributed by atoms with E-state index in [0.29, 0.717) is 5.92 Å². The molecule has 1 aromatic carbocycles. The fourth-order valence-electron chi connectivity index (χ4n) is 3.41. The average Bonchev–Trinajstić information content (AvgIpc) is 2.87. The van der Waals surface area contributed by atoms with Crippen LogP contribution in [0.4, 0.5) is 0 Å². The molecule has 1 aromatic heterocycles. The first-order valence-corrected chi connectivity index (χ1v) is 8.07. The van der Waals surface area contributed by atoms with E-state index in [0.717, 1.165) is 39.0 Å². The first-order chi connectivity index (χ1) is 10.2. The molecule has 0 saturated carbocycles. The number of rotatable bonds is 4. The number of benzene rings is 1.